The first-order valence-electron chi connectivity index (χ1n) is 8.16. The van der Waals surface area contributed by atoms with Crippen LogP contribution in [0, 0.1) is 0 Å². The van der Waals surface area contributed by atoms with Crippen molar-refractivity contribution in [2.75, 3.05) is 27.7 Å². The lowest BCUT2D eigenvalue weighted by molar-refractivity contribution is 0.148. The van der Waals surface area contributed by atoms with E-state index in [0.717, 1.165) is 18.7 Å². The molecule has 1 aliphatic rings. The first kappa shape index (κ1) is 16.3. The fourth-order valence-corrected chi connectivity index (χ4v) is 3.46. The molecule has 0 heterocycles. The monoisotopic (exact) mass is 290 g/mol. The van der Waals surface area contributed by atoms with Crippen LogP contribution in [0.2, 0.25) is 0 Å². The molecule has 1 atom stereocenters. The van der Waals surface area contributed by atoms with Crippen LogP contribution in [0.1, 0.15) is 50.6 Å². The summed E-state index contributed by atoms with van der Waals surface area (Å²) in [6.07, 6.45) is 6.45. The van der Waals surface area contributed by atoms with Gasteiger partial charge in [-0.2, -0.15) is 0 Å². The van der Waals surface area contributed by atoms with E-state index in [4.69, 9.17) is 4.74 Å². The number of benzene rings is 1. The average molecular weight is 290 g/mol. The van der Waals surface area contributed by atoms with E-state index in [1.165, 1.54) is 31.2 Å². The van der Waals surface area contributed by atoms with Crippen LogP contribution in [0.15, 0.2) is 24.3 Å². The van der Waals surface area contributed by atoms with E-state index in [9.17, 15) is 0 Å². The van der Waals surface area contributed by atoms with E-state index in [2.05, 4.69) is 55.5 Å². The van der Waals surface area contributed by atoms with Gasteiger partial charge in [0, 0.05) is 18.1 Å². The van der Waals surface area contributed by atoms with Crippen molar-refractivity contribution < 1.29 is 4.74 Å². The predicted molar refractivity (Wildman–Crippen MR) is 88.9 cm³/mol. The summed E-state index contributed by atoms with van der Waals surface area (Å²) in [6, 6.07) is 8.88. The molecular formula is C18H30N2O. The van der Waals surface area contributed by atoms with Crippen molar-refractivity contribution >= 4 is 0 Å². The number of methoxy groups -OCH3 is 1. The minimum atomic E-state index is 0.347. The number of nitrogens with zero attached hydrogens (tertiary/aromatic N) is 1. The van der Waals surface area contributed by atoms with E-state index < -0.39 is 0 Å². The van der Waals surface area contributed by atoms with Crippen molar-refractivity contribution in [3.63, 3.8) is 0 Å². The van der Waals surface area contributed by atoms with Gasteiger partial charge >= 0.3 is 0 Å². The lowest BCUT2D eigenvalue weighted by atomic mass is 9.94. The molecule has 3 heteroatoms. The smallest absolute Gasteiger partial charge is 0.118 e. The van der Waals surface area contributed by atoms with E-state index in [1.54, 1.807) is 7.11 Å². The lowest BCUT2D eigenvalue weighted by Crippen LogP contribution is -2.50. The predicted octanol–water partition coefficient (Wildman–Crippen LogP) is 3.61. The molecule has 1 N–H and O–H groups in total. The van der Waals surface area contributed by atoms with Crippen LogP contribution < -0.4 is 10.1 Å². The molecule has 118 valence electrons. The third-order valence-electron chi connectivity index (χ3n) is 5.09. The van der Waals surface area contributed by atoms with E-state index >= 15 is 0 Å². The van der Waals surface area contributed by atoms with E-state index in [0.29, 0.717) is 11.6 Å². The standard InChI is InChI=1S/C18H30N2O/c1-5-17(15-8-10-16(21-4)11-9-15)19-14-18(20(2)3)12-6-7-13-18/h8-11,17,19H,5-7,12-14H2,1-4H3. The van der Waals surface area contributed by atoms with Crippen LogP contribution in [0.25, 0.3) is 0 Å². The van der Waals surface area contributed by atoms with Crippen molar-refractivity contribution in [1.82, 2.24) is 10.2 Å². The summed E-state index contributed by atoms with van der Waals surface area (Å²) in [7, 11) is 6.16. The van der Waals surface area contributed by atoms with Gasteiger partial charge in [-0.25, -0.2) is 0 Å². The maximum Gasteiger partial charge on any atom is 0.118 e. The lowest BCUT2D eigenvalue weighted by Gasteiger charge is -2.38. The molecule has 0 radical (unpaired) electrons. The van der Waals surface area contributed by atoms with Gasteiger partial charge in [0.25, 0.3) is 0 Å². The van der Waals surface area contributed by atoms with Crippen LogP contribution >= 0.6 is 0 Å². The molecule has 3 nitrogen and oxygen atoms in total. The quantitative estimate of drug-likeness (QED) is 0.830. The molecule has 0 aromatic heterocycles. The molecule has 0 spiro atoms. The Kier molecular flexibility index (Phi) is 5.65. The van der Waals surface area contributed by atoms with Crippen LogP contribution in [0.5, 0.6) is 5.75 Å². The SMILES string of the molecule is CCC(NCC1(N(C)C)CCCC1)c1ccc(OC)cc1. The second-order valence-electron chi connectivity index (χ2n) is 6.44. The van der Waals surface area contributed by atoms with Gasteiger partial charge in [0.15, 0.2) is 0 Å². The minimum absolute atomic E-state index is 0.347. The first-order chi connectivity index (χ1) is 10.1. The summed E-state index contributed by atoms with van der Waals surface area (Å²) < 4.78 is 5.24. The molecule has 1 aromatic rings. The number of hydrogen-bond donors (Lipinski definition) is 1. The molecule has 0 amide bonds. The highest BCUT2D eigenvalue weighted by atomic mass is 16.5. The Balaban J connectivity index is 2.01. The first-order valence-corrected chi connectivity index (χ1v) is 8.16. The topological polar surface area (TPSA) is 24.5 Å². The van der Waals surface area contributed by atoms with Crippen LogP contribution in [0.4, 0.5) is 0 Å². The third kappa shape index (κ3) is 3.78. The number of rotatable bonds is 7. The second kappa shape index (κ2) is 7.28. The minimum Gasteiger partial charge on any atom is -0.497 e. The second-order valence-corrected chi connectivity index (χ2v) is 6.44. The van der Waals surface area contributed by atoms with Gasteiger partial charge in [-0.3, -0.25) is 0 Å². The summed E-state index contributed by atoms with van der Waals surface area (Å²) in [5.74, 6) is 0.925. The fourth-order valence-electron chi connectivity index (χ4n) is 3.46. The molecule has 0 saturated heterocycles. The van der Waals surface area contributed by atoms with Crippen molar-refractivity contribution in [2.24, 2.45) is 0 Å². The Hall–Kier alpha value is -1.06. The van der Waals surface area contributed by atoms with Crippen LogP contribution in [-0.4, -0.2) is 38.2 Å². The van der Waals surface area contributed by atoms with E-state index in [1.807, 2.05) is 0 Å². The van der Waals surface area contributed by atoms with Crippen molar-refractivity contribution in [2.45, 2.75) is 50.6 Å². The molecule has 1 saturated carbocycles. The molecule has 1 aromatic carbocycles. The normalized spacial score (nSPS) is 18.9. The molecule has 0 aliphatic heterocycles. The number of nitrogens with one attached hydrogen (secondary N) is 1. The number of ether oxygens (including phenoxy) is 1. The molecule has 1 fully saturated rings. The molecular weight excluding hydrogens is 260 g/mol. The Morgan fingerprint density at radius 3 is 2.29 bits per heavy atom. The largest absolute Gasteiger partial charge is 0.497 e. The molecule has 0 bridgehead atoms. The third-order valence-corrected chi connectivity index (χ3v) is 5.09. The summed E-state index contributed by atoms with van der Waals surface area (Å²) in [6.45, 7) is 3.32. The highest BCUT2D eigenvalue weighted by molar-refractivity contribution is 5.29. The summed E-state index contributed by atoms with van der Waals surface area (Å²) in [5.41, 5.74) is 1.70. The van der Waals surface area contributed by atoms with E-state index in [-0.39, 0.29) is 0 Å². The maximum absolute atomic E-state index is 5.24. The highest BCUT2D eigenvalue weighted by Gasteiger charge is 2.36. The van der Waals surface area contributed by atoms with Gasteiger partial charge in [-0.05, 0) is 51.1 Å². The van der Waals surface area contributed by atoms with Gasteiger partial charge < -0.3 is 15.0 Å². The van der Waals surface area contributed by atoms with Gasteiger partial charge in [0.1, 0.15) is 5.75 Å². The highest BCUT2D eigenvalue weighted by Crippen LogP contribution is 2.34. The molecule has 1 unspecified atom stereocenters. The molecule has 21 heavy (non-hydrogen) atoms. The van der Waals surface area contributed by atoms with Crippen molar-refractivity contribution in [3.05, 3.63) is 29.8 Å². The molecule has 1 aliphatic carbocycles. The number of likely N-dealkylation sites (N-methyl/N-ethyl adjacent to an activating group) is 1. The zero-order chi connectivity index (χ0) is 15.3. The van der Waals surface area contributed by atoms with Gasteiger partial charge in [0.05, 0.1) is 7.11 Å². The Morgan fingerprint density at radius 2 is 1.81 bits per heavy atom. The van der Waals surface area contributed by atoms with Crippen LogP contribution in [0.3, 0.4) is 0 Å². The van der Waals surface area contributed by atoms with Gasteiger partial charge in [0.2, 0.25) is 0 Å². The van der Waals surface area contributed by atoms with Crippen molar-refractivity contribution in [1.29, 1.82) is 0 Å². The summed E-state index contributed by atoms with van der Waals surface area (Å²) >= 11 is 0. The van der Waals surface area contributed by atoms with Crippen molar-refractivity contribution in [3.8, 4) is 5.75 Å². The zero-order valence-electron chi connectivity index (χ0n) is 14.0. The Bertz CT molecular complexity index is 421. The van der Waals surface area contributed by atoms with Crippen LogP contribution in [-0.2, 0) is 0 Å². The van der Waals surface area contributed by atoms with Gasteiger partial charge in [-0.1, -0.05) is 31.9 Å². The fraction of sp³-hybridized carbons (Fsp3) is 0.667. The number of hydrogen-bond acceptors (Lipinski definition) is 3. The Morgan fingerprint density at radius 1 is 1.19 bits per heavy atom. The summed E-state index contributed by atoms with van der Waals surface area (Å²) in [4.78, 5) is 2.42. The molecule has 2 rings (SSSR count). The van der Waals surface area contributed by atoms with Gasteiger partial charge in [-0.15, -0.1) is 0 Å². The maximum atomic E-state index is 5.24. The summed E-state index contributed by atoms with van der Waals surface area (Å²) in [5, 5.41) is 3.80. The zero-order valence-corrected chi connectivity index (χ0v) is 14.0. The average Bonchev–Trinajstić information content (AvgIpc) is 2.99. The Labute approximate surface area is 129 Å².